The van der Waals surface area contributed by atoms with Crippen LogP contribution in [0.1, 0.15) is 16.8 Å². The van der Waals surface area contributed by atoms with Crippen molar-refractivity contribution in [1.82, 2.24) is 4.98 Å². The summed E-state index contributed by atoms with van der Waals surface area (Å²) in [5, 5.41) is 5.18. The number of aromatic nitrogens is 1. The van der Waals surface area contributed by atoms with E-state index in [9.17, 15) is 18.0 Å². The monoisotopic (exact) mass is 419 g/mol. The summed E-state index contributed by atoms with van der Waals surface area (Å²) in [6.45, 7) is 1.99. The van der Waals surface area contributed by atoms with E-state index in [1.165, 1.54) is 17.4 Å². The van der Waals surface area contributed by atoms with Gasteiger partial charge in [-0.1, -0.05) is 23.8 Å². The molecular weight excluding hydrogens is 399 g/mol. The second-order valence-electron chi connectivity index (χ2n) is 6.86. The maximum atomic E-state index is 13.0. The molecule has 152 valence electrons. The van der Waals surface area contributed by atoms with Gasteiger partial charge in [-0.2, -0.15) is 13.2 Å². The van der Waals surface area contributed by atoms with Crippen molar-refractivity contribution < 1.29 is 18.0 Å². The van der Waals surface area contributed by atoms with Crippen LogP contribution in [0.15, 0.2) is 47.8 Å². The van der Waals surface area contributed by atoms with Crippen molar-refractivity contribution in [3.63, 3.8) is 0 Å². The first-order valence-electron chi connectivity index (χ1n) is 8.83. The Labute approximate surface area is 171 Å². The van der Waals surface area contributed by atoms with Crippen molar-refractivity contribution in [3.8, 4) is 10.6 Å². The number of rotatable bonds is 5. The molecule has 0 saturated carbocycles. The summed E-state index contributed by atoms with van der Waals surface area (Å²) in [5.41, 5.74) is 2.44. The zero-order valence-corrected chi connectivity index (χ0v) is 17.0. The number of anilines is 2. The molecule has 0 saturated heterocycles. The van der Waals surface area contributed by atoms with Crippen LogP contribution >= 0.6 is 11.3 Å². The lowest BCUT2D eigenvalue weighted by molar-refractivity contribution is -0.137. The Morgan fingerprint density at radius 3 is 2.59 bits per heavy atom. The van der Waals surface area contributed by atoms with Gasteiger partial charge in [-0.25, -0.2) is 4.98 Å². The minimum Gasteiger partial charge on any atom is -0.376 e. The third kappa shape index (κ3) is 5.14. The maximum absolute atomic E-state index is 13.0. The number of halogens is 3. The first-order valence-corrected chi connectivity index (χ1v) is 9.71. The number of nitrogens with one attached hydrogen (secondary N) is 1. The number of hydrogen-bond acceptors (Lipinski definition) is 4. The van der Waals surface area contributed by atoms with Crippen molar-refractivity contribution >= 4 is 28.6 Å². The van der Waals surface area contributed by atoms with Crippen molar-refractivity contribution in [2.45, 2.75) is 19.5 Å². The van der Waals surface area contributed by atoms with Gasteiger partial charge >= 0.3 is 6.18 Å². The average molecular weight is 419 g/mol. The van der Waals surface area contributed by atoms with E-state index in [1.54, 1.807) is 24.4 Å². The number of carbonyl (C=O) groups excluding carboxylic acids is 1. The molecule has 3 rings (SSSR count). The van der Waals surface area contributed by atoms with E-state index in [0.717, 1.165) is 28.3 Å². The predicted octanol–water partition coefficient (Wildman–Crippen LogP) is 5.38. The van der Waals surface area contributed by atoms with Crippen molar-refractivity contribution in [2.24, 2.45) is 0 Å². The van der Waals surface area contributed by atoms with E-state index in [4.69, 9.17) is 0 Å². The summed E-state index contributed by atoms with van der Waals surface area (Å²) in [6, 6.07) is 11.2. The largest absolute Gasteiger partial charge is 0.416 e. The molecule has 0 aliphatic carbocycles. The van der Waals surface area contributed by atoms with Gasteiger partial charge in [0.2, 0.25) is 5.91 Å². The molecule has 0 radical (unpaired) electrons. The first-order chi connectivity index (χ1) is 13.6. The van der Waals surface area contributed by atoms with E-state index >= 15 is 0 Å². The van der Waals surface area contributed by atoms with Gasteiger partial charge in [0.15, 0.2) is 0 Å². The Morgan fingerprint density at radius 1 is 1.17 bits per heavy atom. The predicted molar refractivity (Wildman–Crippen MR) is 110 cm³/mol. The minimum absolute atomic E-state index is 0.0224. The average Bonchev–Trinajstić information content (AvgIpc) is 3.09. The number of alkyl halides is 3. The summed E-state index contributed by atoms with van der Waals surface area (Å²) < 4.78 is 39.1. The lowest BCUT2D eigenvalue weighted by Gasteiger charge is -2.19. The zero-order valence-electron chi connectivity index (χ0n) is 16.2. The molecule has 0 aliphatic rings. The van der Waals surface area contributed by atoms with Crippen LogP contribution in [0, 0.1) is 6.92 Å². The molecule has 2 aromatic carbocycles. The van der Waals surface area contributed by atoms with Crippen LogP contribution in [0.2, 0.25) is 0 Å². The summed E-state index contributed by atoms with van der Waals surface area (Å²) in [6.07, 6.45) is -4.51. The number of benzene rings is 2. The molecule has 3 aromatic rings. The molecule has 0 spiro atoms. The second kappa shape index (κ2) is 8.24. The molecule has 1 aromatic heterocycles. The third-order valence-corrected chi connectivity index (χ3v) is 5.18. The van der Waals surface area contributed by atoms with Gasteiger partial charge in [0, 0.05) is 25.0 Å². The molecule has 0 aliphatic heterocycles. The maximum Gasteiger partial charge on any atom is 0.416 e. The van der Waals surface area contributed by atoms with Crippen molar-refractivity contribution in [3.05, 3.63) is 64.7 Å². The fourth-order valence-electron chi connectivity index (χ4n) is 2.86. The van der Waals surface area contributed by atoms with E-state index in [2.05, 4.69) is 10.3 Å². The topological polar surface area (TPSA) is 45.2 Å². The highest BCUT2D eigenvalue weighted by Gasteiger charge is 2.31. The molecule has 0 unspecified atom stereocenters. The Hall–Kier alpha value is -2.87. The molecule has 1 amide bonds. The summed E-state index contributed by atoms with van der Waals surface area (Å²) in [7, 11) is 3.40. The van der Waals surface area contributed by atoms with Gasteiger partial charge < -0.3 is 10.2 Å². The van der Waals surface area contributed by atoms with E-state index in [1.807, 2.05) is 31.2 Å². The van der Waals surface area contributed by atoms with Crippen LogP contribution in [0.5, 0.6) is 0 Å². The standard InChI is InChI=1S/C21H20F3N3OS/c1-13-5-4-6-14(9-13)20-25-16(12-29-20)11-19(28)26-17-10-15(21(22,23)24)7-8-18(17)27(2)3/h4-10,12H,11H2,1-3H3,(H,26,28). The summed E-state index contributed by atoms with van der Waals surface area (Å²) in [4.78, 5) is 18.6. The van der Waals surface area contributed by atoms with E-state index in [0.29, 0.717) is 11.4 Å². The van der Waals surface area contributed by atoms with Gasteiger partial charge in [-0.15, -0.1) is 11.3 Å². The van der Waals surface area contributed by atoms with Crippen LogP contribution in [0.25, 0.3) is 10.6 Å². The molecule has 1 heterocycles. The minimum atomic E-state index is -4.48. The van der Waals surface area contributed by atoms with Gasteiger partial charge in [-0.05, 0) is 31.2 Å². The molecule has 4 nitrogen and oxygen atoms in total. The number of carbonyl (C=O) groups is 1. The SMILES string of the molecule is Cc1cccc(-c2nc(CC(=O)Nc3cc(C(F)(F)F)ccc3N(C)C)cs2)c1. The fraction of sp³-hybridized carbons (Fsp3) is 0.238. The zero-order chi connectivity index (χ0) is 21.2. The van der Waals surface area contributed by atoms with Gasteiger partial charge in [0.1, 0.15) is 5.01 Å². The molecule has 8 heteroatoms. The highest BCUT2D eigenvalue weighted by atomic mass is 32.1. The molecule has 29 heavy (non-hydrogen) atoms. The van der Waals surface area contributed by atoms with Gasteiger partial charge in [-0.3, -0.25) is 4.79 Å². The van der Waals surface area contributed by atoms with Crippen LogP contribution in [0.3, 0.4) is 0 Å². The fourth-order valence-corrected chi connectivity index (χ4v) is 3.68. The Morgan fingerprint density at radius 2 is 1.93 bits per heavy atom. The van der Waals surface area contributed by atoms with E-state index in [-0.39, 0.29) is 12.1 Å². The van der Waals surface area contributed by atoms with Crippen LogP contribution in [0.4, 0.5) is 24.5 Å². The smallest absolute Gasteiger partial charge is 0.376 e. The van der Waals surface area contributed by atoms with Crippen LogP contribution in [-0.2, 0) is 17.4 Å². The molecule has 0 atom stereocenters. The normalized spacial score (nSPS) is 11.4. The van der Waals surface area contributed by atoms with Crippen LogP contribution in [-0.4, -0.2) is 25.0 Å². The quantitative estimate of drug-likeness (QED) is 0.604. The number of amides is 1. The lowest BCUT2D eigenvalue weighted by Crippen LogP contribution is -2.19. The highest BCUT2D eigenvalue weighted by Crippen LogP contribution is 2.35. The first kappa shape index (κ1) is 20.9. The van der Waals surface area contributed by atoms with Crippen molar-refractivity contribution in [2.75, 3.05) is 24.3 Å². The number of nitrogens with zero attached hydrogens (tertiary/aromatic N) is 2. The van der Waals surface area contributed by atoms with Gasteiger partial charge in [0.05, 0.1) is 29.1 Å². The number of thiazole rings is 1. The van der Waals surface area contributed by atoms with E-state index < -0.39 is 17.6 Å². The van der Waals surface area contributed by atoms with Crippen molar-refractivity contribution in [1.29, 1.82) is 0 Å². The summed E-state index contributed by atoms with van der Waals surface area (Å²) in [5.74, 6) is -0.423. The summed E-state index contributed by atoms with van der Waals surface area (Å²) >= 11 is 1.43. The molecular formula is C21H20F3N3OS. The molecule has 1 N–H and O–H groups in total. The Kier molecular flexibility index (Phi) is 5.93. The highest BCUT2D eigenvalue weighted by molar-refractivity contribution is 7.13. The molecule has 0 fully saturated rings. The molecule has 0 bridgehead atoms. The lowest BCUT2D eigenvalue weighted by atomic mass is 10.1. The second-order valence-corrected chi connectivity index (χ2v) is 7.72. The number of aryl methyl sites for hydroxylation is 1. The number of hydrogen-bond donors (Lipinski definition) is 1. The van der Waals surface area contributed by atoms with Crippen LogP contribution < -0.4 is 10.2 Å². The Bertz CT molecular complexity index is 1030. The third-order valence-electron chi connectivity index (χ3n) is 4.24. The Balaban J connectivity index is 1.77. The van der Waals surface area contributed by atoms with Gasteiger partial charge in [0.25, 0.3) is 0 Å².